The standard InChI is InChI=1S/C13H16ClNO4/c1-4-15-13(17)8(2)19-12-9(7-16)5-10(14)6-11(12)18-3/h5-8H,4H2,1-3H3,(H,15,17). The van der Waals surface area contributed by atoms with Crippen molar-refractivity contribution in [2.24, 2.45) is 0 Å². The van der Waals surface area contributed by atoms with Crippen LogP contribution in [0.3, 0.4) is 0 Å². The highest BCUT2D eigenvalue weighted by atomic mass is 35.5. The summed E-state index contributed by atoms with van der Waals surface area (Å²) in [6, 6.07) is 2.98. The van der Waals surface area contributed by atoms with Gasteiger partial charge in [-0.3, -0.25) is 9.59 Å². The van der Waals surface area contributed by atoms with Crippen molar-refractivity contribution >= 4 is 23.8 Å². The van der Waals surface area contributed by atoms with Crippen LogP contribution in [0.15, 0.2) is 12.1 Å². The first kappa shape index (κ1) is 15.3. The zero-order valence-electron chi connectivity index (χ0n) is 11.0. The van der Waals surface area contributed by atoms with E-state index in [1.54, 1.807) is 6.92 Å². The Balaban J connectivity index is 3.05. The van der Waals surface area contributed by atoms with Crippen LogP contribution >= 0.6 is 11.6 Å². The number of methoxy groups -OCH3 is 1. The average Bonchev–Trinajstić information content (AvgIpc) is 2.40. The van der Waals surface area contributed by atoms with E-state index in [0.717, 1.165) is 0 Å². The number of halogens is 1. The SMILES string of the molecule is CCNC(=O)C(C)Oc1c(C=O)cc(Cl)cc1OC. The van der Waals surface area contributed by atoms with E-state index in [1.165, 1.54) is 19.2 Å². The van der Waals surface area contributed by atoms with E-state index in [4.69, 9.17) is 21.1 Å². The zero-order chi connectivity index (χ0) is 14.4. The van der Waals surface area contributed by atoms with E-state index in [-0.39, 0.29) is 17.2 Å². The maximum absolute atomic E-state index is 11.6. The lowest BCUT2D eigenvalue weighted by molar-refractivity contribution is -0.127. The molecule has 0 fully saturated rings. The highest BCUT2D eigenvalue weighted by Gasteiger charge is 2.19. The Morgan fingerprint density at radius 1 is 1.53 bits per heavy atom. The van der Waals surface area contributed by atoms with Gasteiger partial charge in [0, 0.05) is 17.6 Å². The summed E-state index contributed by atoms with van der Waals surface area (Å²) in [5, 5.41) is 2.99. The fraction of sp³-hybridized carbons (Fsp3) is 0.385. The van der Waals surface area contributed by atoms with Crippen molar-refractivity contribution in [3.63, 3.8) is 0 Å². The van der Waals surface area contributed by atoms with Crippen LogP contribution in [-0.4, -0.2) is 32.0 Å². The van der Waals surface area contributed by atoms with E-state index in [1.807, 2.05) is 6.92 Å². The van der Waals surface area contributed by atoms with Crippen LogP contribution in [0.4, 0.5) is 0 Å². The van der Waals surface area contributed by atoms with Gasteiger partial charge >= 0.3 is 0 Å². The van der Waals surface area contributed by atoms with E-state index in [2.05, 4.69) is 5.32 Å². The number of carbonyl (C=O) groups is 2. The number of aldehydes is 1. The van der Waals surface area contributed by atoms with Gasteiger partial charge in [-0.05, 0) is 19.9 Å². The quantitative estimate of drug-likeness (QED) is 0.813. The van der Waals surface area contributed by atoms with Gasteiger partial charge in [0.2, 0.25) is 0 Å². The Morgan fingerprint density at radius 3 is 2.74 bits per heavy atom. The van der Waals surface area contributed by atoms with Gasteiger partial charge in [-0.25, -0.2) is 0 Å². The van der Waals surface area contributed by atoms with Crippen molar-refractivity contribution in [2.45, 2.75) is 20.0 Å². The van der Waals surface area contributed by atoms with Crippen LogP contribution in [-0.2, 0) is 4.79 Å². The number of nitrogens with one attached hydrogen (secondary N) is 1. The predicted molar refractivity (Wildman–Crippen MR) is 72.2 cm³/mol. The third-order valence-electron chi connectivity index (χ3n) is 2.41. The summed E-state index contributed by atoms with van der Waals surface area (Å²) in [6.07, 6.45) is -0.137. The molecule has 5 nitrogen and oxygen atoms in total. The molecule has 0 spiro atoms. The van der Waals surface area contributed by atoms with Crippen LogP contribution in [0, 0.1) is 0 Å². The first-order chi connectivity index (χ1) is 9.03. The highest BCUT2D eigenvalue weighted by Crippen LogP contribution is 2.34. The second kappa shape index (κ2) is 6.99. The molecule has 1 aromatic rings. The minimum atomic E-state index is -0.742. The van der Waals surface area contributed by atoms with Gasteiger partial charge in [0.25, 0.3) is 5.91 Å². The summed E-state index contributed by atoms with van der Waals surface area (Å²) in [5.74, 6) is 0.253. The zero-order valence-corrected chi connectivity index (χ0v) is 11.8. The second-order valence-electron chi connectivity index (χ2n) is 3.80. The van der Waals surface area contributed by atoms with Crippen molar-refractivity contribution in [1.82, 2.24) is 5.32 Å². The number of likely N-dealkylation sites (N-methyl/N-ethyl adjacent to an activating group) is 1. The summed E-state index contributed by atoms with van der Waals surface area (Å²) in [6.45, 7) is 3.91. The van der Waals surface area contributed by atoms with Crippen molar-refractivity contribution in [2.75, 3.05) is 13.7 Å². The summed E-state index contributed by atoms with van der Waals surface area (Å²) in [7, 11) is 1.43. The van der Waals surface area contributed by atoms with Gasteiger partial charge in [-0.2, -0.15) is 0 Å². The van der Waals surface area contributed by atoms with Crippen molar-refractivity contribution in [3.05, 3.63) is 22.7 Å². The maximum atomic E-state index is 11.6. The highest BCUT2D eigenvalue weighted by molar-refractivity contribution is 6.31. The Kier molecular flexibility index (Phi) is 5.63. The lowest BCUT2D eigenvalue weighted by atomic mass is 10.2. The minimum absolute atomic E-state index is 0.209. The van der Waals surface area contributed by atoms with Gasteiger partial charge in [-0.1, -0.05) is 11.6 Å². The van der Waals surface area contributed by atoms with Gasteiger partial charge in [0.15, 0.2) is 23.9 Å². The van der Waals surface area contributed by atoms with E-state index in [0.29, 0.717) is 23.6 Å². The van der Waals surface area contributed by atoms with E-state index in [9.17, 15) is 9.59 Å². The van der Waals surface area contributed by atoms with Crippen LogP contribution in [0.1, 0.15) is 24.2 Å². The van der Waals surface area contributed by atoms with Crippen LogP contribution in [0.5, 0.6) is 11.5 Å². The number of amides is 1. The molecule has 1 rings (SSSR count). The Bertz CT molecular complexity index is 476. The molecule has 0 saturated carbocycles. The molecule has 0 aliphatic rings. The lowest BCUT2D eigenvalue weighted by Gasteiger charge is -2.18. The molecule has 0 aromatic heterocycles. The molecule has 0 saturated heterocycles. The minimum Gasteiger partial charge on any atom is -0.493 e. The maximum Gasteiger partial charge on any atom is 0.260 e. The molecule has 6 heteroatoms. The Morgan fingerprint density at radius 2 is 2.21 bits per heavy atom. The third-order valence-corrected chi connectivity index (χ3v) is 2.63. The van der Waals surface area contributed by atoms with Crippen LogP contribution in [0.25, 0.3) is 0 Å². The molecule has 0 heterocycles. The van der Waals surface area contributed by atoms with Gasteiger partial charge in [-0.15, -0.1) is 0 Å². The number of hydrogen-bond acceptors (Lipinski definition) is 4. The van der Waals surface area contributed by atoms with E-state index >= 15 is 0 Å². The topological polar surface area (TPSA) is 64.6 Å². The molecule has 104 valence electrons. The summed E-state index contributed by atoms with van der Waals surface area (Å²) in [5.41, 5.74) is 0.237. The number of hydrogen-bond donors (Lipinski definition) is 1. The molecule has 1 aromatic carbocycles. The number of benzene rings is 1. The monoisotopic (exact) mass is 285 g/mol. The predicted octanol–water partition coefficient (Wildman–Crippen LogP) is 2.06. The number of ether oxygens (including phenoxy) is 2. The molecule has 0 aliphatic carbocycles. The van der Waals surface area contributed by atoms with Gasteiger partial charge in [0.1, 0.15) is 0 Å². The molecule has 0 radical (unpaired) electrons. The Hall–Kier alpha value is -1.75. The molecular weight excluding hydrogens is 270 g/mol. The smallest absolute Gasteiger partial charge is 0.260 e. The molecule has 0 bridgehead atoms. The van der Waals surface area contributed by atoms with Crippen molar-refractivity contribution in [1.29, 1.82) is 0 Å². The summed E-state index contributed by atoms with van der Waals surface area (Å²) >= 11 is 5.85. The van der Waals surface area contributed by atoms with Crippen molar-refractivity contribution < 1.29 is 19.1 Å². The fourth-order valence-electron chi connectivity index (χ4n) is 1.50. The van der Waals surface area contributed by atoms with Crippen LogP contribution < -0.4 is 14.8 Å². The summed E-state index contributed by atoms with van der Waals surface area (Å²) < 4.78 is 10.6. The first-order valence-electron chi connectivity index (χ1n) is 5.80. The molecule has 1 atom stereocenters. The fourth-order valence-corrected chi connectivity index (χ4v) is 1.72. The molecule has 0 aliphatic heterocycles. The summed E-state index contributed by atoms with van der Waals surface area (Å²) in [4.78, 5) is 22.7. The third kappa shape index (κ3) is 3.86. The normalized spacial score (nSPS) is 11.6. The molecule has 19 heavy (non-hydrogen) atoms. The van der Waals surface area contributed by atoms with E-state index < -0.39 is 6.10 Å². The number of rotatable bonds is 6. The first-order valence-corrected chi connectivity index (χ1v) is 6.18. The Labute approximate surface area is 116 Å². The van der Waals surface area contributed by atoms with Crippen LogP contribution in [0.2, 0.25) is 5.02 Å². The van der Waals surface area contributed by atoms with Gasteiger partial charge in [0.05, 0.1) is 12.7 Å². The van der Waals surface area contributed by atoms with Crippen molar-refractivity contribution in [3.8, 4) is 11.5 Å². The molecule has 1 amide bonds. The van der Waals surface area contributed by atoms with Gasteiger partial charge < -0.3 is 14.8 Å². The second-order valence-corrected chi connectivity index (χ2v) is 4.24. The number of carbonyl (C=O) groups excluding carboxylic acids is 2. The molecule has 1 N–H and O–H groups in total. The average molecular weight is 286 g/mol. The molecule has 1 unspecified atom stereocenters. The largest absolute Gasteiger partial charge is 0.493 e. The molecular formula is C13H16ClNO4. The lowest BCUT2D eigenvalue weighted by Crippen LogP contribution is -2.36.